The summed E-state index contributed by atoms with van der Waals surface area (Å²) >= 11 is 0. The van der Waals surface area contributed by atoms with Gasteiger partial charge >= 0.3 is 0 Å². The number of ketones is 1. The molecule has 10 heteroatoms. The third kappa shape index (κ3) is 4.98. The molecule has 0 saturated heterocycles. The summed E-state index contributed by atoms with van der Waals surface area (Å²) in [6.07, 6.45) is -3.96. The summed E-state index contributed by atoms with van der Waals surface area (Å²) in [5.41, 5.74) is 1.92. The van der Waals surface area contributed by atoms with Crippen molar-refractivity contribution in [2.75, 3.05) is 25.6 Å². The first-order valence-electron chi connectivity index (χ1n) is 12.7. The lowest BCUT2D eigenvalue weighted by Gasteiger charge is -2.31. The van der Waals surface area contributed by atoms with E-state index < -0.39 is 30.6 Å². The number of para-hydroxylation sites is 2. The molecule has 0 spiro atoms. The minimum Gasteiger partial charge on any atom is -0.495 e. The Labute approximate surface area is 230 Å². The molecule has 210 valence electrons. The standard InChI is InChI=1S/C30H31NO9/c1-30(2)20-12-16(38-15-23(34)22(33)14-32)8-10-18(20)27(35)26-19-11-9-17(13-25(19)40-28(26)30)39-29(36)31-21-6-4-5-7-24(21)37-3/h4-13,22-23,29,31-34,36H,14-15H2,1-3H3/t22-,23-,29?/m1/s1. The molecule has 0 radical (unpaired) electrons. The fourth-order valence-corrected chi connectivity index (χ4v) is 4.87. The summed E-state index contributed by atoms with van der Waals surface area (Å²) in [6, 6.07) is 17.1. The average Bonchev–Trinajstić information content (AvgIpc) is 3.34. The van der Waals surface area contributed by atoms with Crippen molar-refractivity contribution < 1.29 is 43.8 Å². The third-order valence-electron chi connectivity index (χ3n) is 7.05. The van der Waals surface area contributed by atoms with Crippen molar-refractivity contribution in [2.45, 2.75) is 37.9 Å². The van der Waals surface area contributed by atoms with Crippen LogP contribution in [0.1, 0.15) is 41.1 Å². The zero-order chi connectivity index (χ0) is 28.6. The number of carbonyl (C=O) groups is 1. The molecule has 5 N–H and O–H groups in total. The van der Waals surface area contributed by atoms with E-state index in [2.05, 4.69) is 5.32 Å². The summed E-state index contributed by atoms with van der Waals surface area (Å²) in [4.78, 5) is 13.6. The fraction of sp³-hybridized carbons (Fsp3) is 0.300. The number of aliphatic hydroxyl groups excluding tert-OH is 4. The highest BCUT2D eigenvalue weighted by atomic mass is 16.6. The van der Waals surface area contributed by atoms with Crippen LogP contribution in [0.5, 0.6) is 17.2 Å². The molecule has 3 aromatic carbocycles. The number of aliphatic hydroxyl groups is 4. The lowest BCUT2D eigenvalue weighted by Crippen LogP contribution is -2.34. The maximum atomic E-state index is 13.6. The van der Waals surface area contributed by atoms with E-state index in [1.165, 1.54) is 7.11 Å². The Bertz CT molecular complexity index is 1540. The number of hydrogen-bond acceptors (Lipinski definition) is 10. The second-order valence-corrected chi connectivity index (χ2v) is 10.1. The summed E-state index contributed by atoms with van der Waals surface area (Å²) in [7, 11) is 1.53. The molecule has 5 rings (SSSR count). The molecule has 0 aliphatic heterocycles. The third-order valence-corrected chi connectivity index (χ3v) is 7.05. The van der Waals surface area contributed by atoms with Crippen LogP contribution in [0.3, 0.4) is 0 Å². The monoisotopic (exact) mass is 549 g/mol. The molecular weight excluding hydrogens is 518 g/mol. The van der Waals surface area contributed by atoms with E-state index in [0.29, 0.717) is 56.4 Å². The SMILES string of the molecule is COc1ccccc1NC(O)Oc1ccc2c3c(oc2c1)C(C)(C)c1cc(OC[C@@H](O)[C@H](O)CO)ccc1C3=O. The molecule has 10 nitrogen and oxygen atoms in total. The van der Waals surface area contributed by atoms with Crippen molar-refractivity contribution in [2.24, 2.45) is 0 Å². The predicted octanol–water partition coefficient (Wildman–Crippen LogP) is 3.17. The Morgan fingerprint density at radius 3 is 2.48 bits per heavy atom. The largest absolute Gasteiger partial charge is 0.495 e. The van der Waals surface area contributed by atoms with Gasteiger partial charge in [0.25, 0.3) is 6.41 Å². The van der Waals surface area contributed by atoms with Gasteiger partial charge in [0.2, 0.25) is 0 Å². The first-order valence-corrected chi connectivity index (χ1v) is 12.7. The van der Waals surface area contributed by atoms with Gasteiger partial charge < -0.3 is 44.4 Å². The molecule has 0 fully saturated rings. The average molecular weight is 550 g/mol. The van der Waals surface area contributed by atoms with Crippen LogP contribution in [0.15, 0.2) is 65.1 Å². The molecule has 1 aliphatic rings. The number of nitrogens with one attached hydrogen (secondary N) is 1. The Morgan fingerprint density at radius 1 is 0.975 bits per heavy atom. The van der Waals surface area contributed by atoms with Crippen LogP contribution in [0, 0.1) is 0 Å². The van der Waals surface area contributed by atoms with E-state index in [0.717, 1.165) is 0 Å². The first-order chi connectivity index (χ1) is 19.1. The topological polar surface area (TPSA) is 151 Å². The normalized spacial score (nSPS) is 16.0. The zero-order valence-electron chi connectivity index (χ0n) is 22.2. The molecule has 0 amide bonds. The zero-order valence-corrected chi connectivity index (χ0v) is 22.2. The smallest absolute Gasteiger partial charge is 0.279 e. The number of rotatable bonds is 10. The molecule has 1 aromatic heterocycles. The summed E-state index contributed by atoms with van der Waals surface area (Å²) < 4.78 is 22.8. The molecule has 1 aliphatic carbocycles. The van der Waals surface area contributed by atoms with Crippen LogP contribution < -0.4 is 19.5 Å². The first kappa shape index (κ1) is 27.5. The van der Waals surface area contributed by atoms with Crippen molar-refractivity contribution in [3.63, 3.8) is 0 Å². The predicted molar refractivity (Wildman–Crippen MR) is 146 cm³/mol. The van der Waals surface area contributed by atoms with Gasteiger partial charge in [0.15, 0.2) is 5.78 Å². The Balaban J connectivity index is 1.41. The van der Waals surface area contributed by atoms with Gasteiger partial charge in [0, 0.05) is 22.4 Å². The van der Waals surface area contributed by atoms with E-state index in [-0.39, 0.29) is 12.4 Å². The van der Waals surface area contributed by atoms with Crippen molar-refractivity contribution >= 4 is 22.4 Å². The van der Waals surface area contributed by atoms with Gasteiger partial charge in [-0.25, -0.2) is 0 Å². The number of anilines is 1. The highest BCUT2D eigenvalue weighted by Crippen LogP contribution is 2.46. The van der Waals surface area contributed by atoms with Crippen LogP contribution in [-0.2, 0) is 5.41 Å². The molecule has 40 heavy (non-hydrogen) atoms. The Morgan fingerprint density at radius 2 is 1.73 bits per heavy atom. The quantitative estimate of drug-likeness (QED) is 0.187. The molecule has 1 unspecified atom stereocenters. The highest BCUT2D eigenvalue weighted by molar-refractivity contribution is 6.19. The van der Waals surface area contributed by atoms with E-state index in [1.54, 1.807) is 54.6 Å². The lowest BCUT2D eigenvalue weighted by atomic mass is 9.71. The lowest BCUT2D eigenvalue weighted by molar-refractivity contribution is -0.0339. The number of furan rings is 1. The van der Waals surface area contributed by atoms with Gasteiger partial charge in [-0.1, -0.05) is 12.1 Å². The van der Waals surface area contributed by atoms with Gasteiger partial charge in [0.05, 0.1) is 25.0 Å². The van der Waals surface area contributed by atoms with Crippen molar-refractivity contribution in [1.29, 1.82) is 0 Å². The maximum Gasteiger partial charge on any atom is 0.279 e. The van der Waals surface area contributed by atoms with Gasteiger partial charge in [-0.2, -0.15) is 0 Å². The van der Waals surface area contributed by atoms with E-state index in [9.17, 15) is 20.1 Å². The van der Waals surface area contributed by atoms with Crippen LogP contribution in [0.2, 0.25) is 0 Å². The number of fused-ring (bicyclic) bond motifs is 4. The Hall–Kier alpha value is -4.09. The molecule has 0 bridgehead atoms. The second kappa shape index (κ2) is 10.8. The minimum atomic E-state index is -1.38. The number of methoxy groups -OCH3 is 1. The highest BCUT2D eigenvalue weighted by Gasteiger charge is 2.42. The van der Waals surface area contributed by atoms with Crippen molar-refractivity contribution in [3.8, 4) is 17.2 Å². The van der Waals surface area contributed by atoms with Gasteiger partial charge in [-0.15, -0.1) is 0 Å². The Kier molecular flexibility index (Phi) is 7.43. The van der Waals surface area contributed by atoms with Gasteiger partial charge in [0.1, 0.15) is 47.4 Å². The number of hydrogen-bond donors (Lipinski definition) is 5. The van der Waals surface area contributed by atoms with Crippen molar-refractivity contribution in [1.82, 2.24) is 0 Å². The van der Waals surface area contributed by atoms with Gasteiger partial charge in [-0.05, 0) is 61.9 Å². The molecule has 1 heterocycles. The molecule has 0 saturated carbocycles. The van der Waals surface area contributed by atoms with Crippen LogP contribution in [0.4, 0.5) is 5.69 Å². The van der Waals surface area contributed by atoms with E-state index in [1.807, 2.05) is 19.9 Å². The number of ether oxygens (including phenoxy) is 3. The van der Waals surface area contributed by atoms with Crippen LogP contribution >= 0.6 is 0 Å². The molecule has 3 atom stereocenters. The maximum absolute atomic E-state index is 13.6. The van der Waals surface area contributed by atoms with Gasteiger partial charge in [-0.3, -0.25) is 4.79 Å². The van der Waals surface area contributed by atoms with Crippen molar-refractivity contribution in [3.05, 3.63) is 83.1 Å². The number of benzene rings is 3. The van der Waals surface area contributed by atoms with Crippen LogP contribution in [-0.4, -0.2) is 65.2 Å². The minimum absolute atomic E-state index is 0.197. The fourth-order valence-electron chi connectivity index (χ4n) is 4.87. The molecule has 4 aromatic rings. The summed E-state index contributed by atoms with van der Waals surface area (Å²) in [5.74, 6) is 1.56. The van der Waals surface area contributed by atoms with E-state index in [4.69, 9.17) is 23.7 Å². The van der Waals surface area contributed by atoms with Crippen LogP contribution in [0.25, 0.3) is 11.0 Å². The summed E-state index contributed by atoms with van der Waals surface area (Å²) in [5, 5.41) is 42.4. The molecular formula is C30H31NO9. The number of carbonyl (C=O) groups excluding carboxylic acids is 1. The van der Waals surface area contributed by atoms with E-state index >= 15 is 0 Å². The second-order valence-electron chi connectivity index (χ2n) is 10.1. The summed E-state index contributed by atoms with van der Waals surface area (Å²) in [6.45, 7) is 3.05.